The van der Waals surface area contributed by atoms with Crippen LogP contribution in [0.2, 0.25) is 10.0 Å². The van der Waals surface area contributed by atoms with Crippen molar-refractivity contribution in [3.05, 3.63) is 62.2 Å². The fourth-order valence-electron chi connectivity index (χ4n) is 3.73. The molecule has 0 amide bonds. The number of benzene rings is 1. The van der Waals surface area contributed by atoms with E-state index in [9.17, 15) is 14.7 Å². The van der Waals surface area contributed by atoms with Crippen LogP contribution in [-0.2, 0) is 25.6 Å². The first-order valence-corrected chi connectivity index (χ1v) is 12.1. The topological polar surface area (TPSA) is 128 Å². The number of hydrogen-bond donors (Lipinski definition) is 2. The van der Waals surface area contributed by atoms with Crippen molar-refractivity contribution in [2.75, 3.05) is 27.1 Å². The Morgan fingerprint density at radius 2 is 1.91 bits per heavy atom. The molecule has 2 atom stereocenters. The van der Waals surface area contributed by atoms with Crippen LogP contribution in [0.1, 0.15) is 29.5 Å². The zero-order chi connectivity index (χ0) is 25.0. The van der Waals surface area contributed by atoms with Gasteiger partial charge in [0.15, 0.2) is 5.82 Å². The first-order chi connectivity index (χ1) is 16.3. The first-order valence-electron chi connectivity index (χ1n) is 10.0. The van der Waals surface area contributed by atoms with E-state index in [-0.39, 0.29) is 34.3 Å². The third-order valence-corrected chi connectivity index (χ3v) is 6.95. The second kappa shape index (κ2) is 11.2. The number of nitrogens with one attached hydrogen (secondary N) is 1. The van der Waals surface area contributed by atoms with Gasteiger partial charge in [0.1, 0.15) is 5.25 Å². The van der Waals surface area contributed by atoms with E-state index in [0.717, 1.165) is 0 Å². The van der Waals surface area contributed by atoms with Gasteiger partial charge in [0.2, 0.25) is 0 Å². The van der Waals surface area contributed by atoms with Crippen LogP contribution in [0.5, 0.6) is 0 Å². The summed E-state index contributed by atoms with van der Waals surface area (Å²) in [6, 6.07) is 4.97. The van der Waals surface area contributed by atoms with Crippen molar-refractivity contribution in [2.45, 2.75) is 24.6 Å². The maximum absolute atomic E-state index is 13.2. The molecule has 1 aromatic heterocycles. The molecule has 0 aliphatic carbocycles. The maximum Gasteiger partial charge on any atom is 0.336 e. The fraction of sp³-hybridized carbons (Fsp3) is 0.381. The van der Waals surface area contributed by atoms with Gasteiger partial charge in [0, 0.05) is 11.4 Å². The van der Waals surface area contributed by atoms with E-state index in [2.05, 4.69) is 20.7 Å². The number of carbonyl (C=O) groups is 2. The van der Waals surface area contributed by atoms with Crippen LogP contribution in [-0.4, -0.2) is 64.3 Å². The van der Waals surface area contributed by atoms with Crippen LogP contribution in [0.3, 0.4) is 0 Å². The third kappa shape index (κ3) is 4.92. The molecular formula is C21H23Cl2N5O5S. The molecule has 10 nitrogen and oxygen atoms in total. The number of nitrogens with zero attached hydrogens (tertiary/aromatic N) is 4. The van der Waals surface area contributed by atoms with E-state index in [1.807, 2.05) is 6.26 Å². The lowest BCUT2D eigenvalue weighted by molar-refractivity contribution is -0.137. The number of methoxy groups -OCH3 is 2. The van der Waals surface area contributed by atoms with Gasteiger partial charge in [0.25, 0.3) is 0 Å². The summed E-state index contributed by atoms with van der Waals surface area (Å²) in [6.45, 7) is 1.70. The van der Waals surface area contributed by atoms with Gasteiger partial charge in [-0.15, -0.1) is 22.0 Å². The highest BCUT2D eigenvalue weighted by molar-refractivity contribution is 7.99. The molecular weight excluding hydrogens is 505 g/mol. The molecule has 0 saturated heterocycles. The lowest BCUT2D eigenvalue weighted by Gasteiger charge is -2.33. The van der Waals surface area contributed by atoms with E-state index < -0.39 is 23.1 Å². The van der Waals surface area contributed by atoms with Gasteiger partial charge < -0.3 is 19.9 Å². The fourth-order valence-corrected chi connectivity index (χ4v) is 4.87. The summed E-state index contributed by atoms with van der Waals surface area (Å²) in [5.74, 6) is -1.96. The summed E-state index contributed by atoms with van der Waals surface area (Å²) in [6.07, 6.45) is 1.82. The molecule has 2 aromatic rings. The minimum atomic E-state index is -0.940. The number of aliphatic hydroxyl groups is 1. The van der Waals surface area contributed by atoms with Gasteiger partial charge in [-0.1, -0.05) is 35.3 Å². The maximum atomic E-state index is 13.2. The Kier molecular flexibility index (Phi) is 8.58. The second-order valence-corrected chi connectivity index (χ2v) is 8.86. The Hall–Kier alpha value is -2.60. The number of dihydropyridines is 1. The van der Waals surface area contributed by atoms with Gasteiger partial charge in [0.05, 0.1) is 54.5 Å². The predicted molar refractivity (Wildman–Crippen MR) is 127 cm³/mol. The number of ether oxygens (including phenoxy) is 2. The molecule has 13 heteroatoms. The van der Waals surface area contributed by atoms with Gasteiger partial charge in [-0.3, -0.25) is 0 Å². The molecule has 0 saturated carbocycles. The molecule has 3 rings (SSSR count). The van der Waals surface area contributed by atoms with Crippen molar-refractivity contribution in [2.24, 2.45) is 0 Å². The van der Waals surface area contributed by atoms with Gasteiger partial charge in [-0.2, -0.15) is 4.80 Å². The van der Waals surface area contributed by atoms with Gasteiger partial charge >= 0.3 is 11.9 Å². The van der Waals surface area contributed by atoms with Crippen LogP contribution < -0.4 is 5.32 Å². The van der Waals surface area contributed by atoms with E-state index in [1.165, 1.54) is 30.8 Å². The minimum absolute atomic E-state index is 0.135. The minimum Gasteiger partial charge on any atom is -0.466 e. The zero-order valence-corrected chi connectivity index (χ0v) is 21.2. The number of halogens is 2. The lowest BCUT2D eigenvalue weighted by Crippen LogP contribution is -2.35. The smallest absolute Gasteiger partial charge is 0.336 e. The molecule has 1 aromatic carbocycles. The number of hydrogen-bond acceptors (Lipinski definition) is 10. The molecule has 1 aliphatic heterocycles. The Morgan fingerprint density at radius 1 is 1.24 bits per heavy atom. The van der Waals surface area contributed by atoms with Gasteiger partial charge in [-0.05, 0) is 30.0 Å². The number of allylic oxidation sites excluding steroid dienone is 1. The average molecular weight is 528 g/mol. The number of aromatic nitrogens is 4. The van der Waals surface area contributed by atoms with Crippen molar-refractivity contribution in [3.63, 3.8) is 0 Å². The van der Waals surface area contributed by atoms with Crippen LogP contribution in [0.25, 0.3) is 0 Å². The molecule has 0 spiro atoms. The molecule has 0 radical (unpaired) electrons. The summed E-state index contributed by atoms with van der Waals surface area (Å²) in [4.78, 5) is 27.3. The molecule has 1 aliphatic rings. The number of tetrazole rings is 1. The summed E-state index contributed by atoms with van der Waals surface area (Å²) in [5, 5.41) is 24.6. The Morgan fingerprint density at radius 3 is 2.53 bits per heavy atom. The average Bonchev–Trinajstić information content (AvgIpc) is 3.28. The third-order valence-electron chi connectivity index (χ3n) is 5.20. The van der Waals surface area contributed by atoms with Gasteiger partial charge in [-0.25, -0.2) is 9.59 Å². The SMILES string of the molecule is COC(=O)C1=C(C)NC(C(SC)c2nnn(CCO)n2)=C(C(=O)OC)C1c1cccc(Cl)c1Cl. The van der Waals surface area contributed by atoms with Crippen molar-refractivity contribution in [1.82, 2.24) is 25.5 Å². The van der Waals surface area contributed by atoms with Crippen LogP contribution in [0.15, 0.2) is 40.7 Å². The normalized spacial score (nSPS) is 16.9. The monoisotopic (exact) mass is 527 g/mol. The zero-order valence-electron chi connectivity index (χ0n) is 18.8. The highest BCUT2D eigenvalue weighted by Crippen LogP contribution is 2.47. The number of carbonyl (C=O) groups excluding carboxylic acids is 2. The van der Waals surface area contributed by atoms with E-state index in [1.54, 1.807) is 25.1 Å². The van der Waals surface area contributed by atoms with E-state index in [4.69, 9.17) is 32.7 Å². The molecule has 2 heterocycles. The summed E-state index contributed by atoms with van der Waals surface area (Å²) >= 11 is 14.2. The molecule has 182 valence electrons. The predicted octanol–water partition coefficient (Wildman–Crippen LogP) is 2.64. The Labute approximate surface area is 210 Å². The van der Waals surface area contributed by atoms with E-state index in [0.29, 0.717) is 22.8 Å². The molecule has 0 fully saturated rings. The number of aliphatic hydroxyl groups excluding tert-OH is 1. The highest BCUT2D eigenvalue weighted by Gasteiger charge is 2.42. The number of esters is 2. The standard InChI is InChI=1S/C21H23Cl2N5O5S/c1-10-13(20(30)32-2)14(11-6-5-7-12(22)16(11)23)15(21(31)33-3)17(24-10)18(34-4)19-25-27-28(26-19)8-9-29/h5-7,14,18,24,29H,8-9H2,1-4H3. The lowest BCUT2D eigenvalue weighted by atomic mass is 9.79. The second-order valence-electron chi connectivity index (χ2n) is 7.13. The van der Waals surface area contributed by atoms with Crippen LogP contribution in [0.4, 0.5) is 0 Å². The van der Waals surface area contributed by atoms with Crippen molar-refractivity contribution >= 4 is 46.9 Å². The molecule has 0 bridgehead atoms. The highest BCUT2D eigenvalue weighted by atomic mass is 35.5. The van der Waals surface area contributed by atoms with Crippen LogP contribution in [0, 0.1) is 0 Å². The quantitative estimate of drug-likeness (QED) is 0.494. The Balaban J connectivity index is 2.31. The van der Waals surface area contributed by atoms with Crippen molar-refractivity contribution < 1.29 is 24.2 Å². The molecule has 34 heavy (non-hydrogen) atoms. The summed E-state index contributed by atoms with van der Waals surface area (Å²) in [5.41, 5.74) is 1.62. The summed E-state index contributed by atoms with van der Waals surface area (Å²) < 4.78 is 10.1. The van der Waals surface area contributed by atoms with Crippen LogP contribution >= 0.6 is 35.0 Å². The summed E-state index contributed by atoms with van der Waals surface area (Å²) in [7, 11) is 2.50. The number of thioether (sulfide) groups is 1. The van der Waals surface area contributed by atoms with Crippen molar-refractivity contribution in [3.8, 4) is 0 Å². The number of rotatable bonds is 8. The molecule has 2 N–H and O–H groups in total. The Bertz CT molecular complexity index is 1170. The largest absolute Gasteiger partial charge is 0.466 e. The molecule has 2 unspecified atom stereocenters. The van der Waals surface area contributed by atoms with E-state index >= 15 is 0 Å². The first kappa shape index (κ1) is 26.0. The van der Waals surface area contributed by atoms with Crippen molar-refractivity contribution in [1.29, 1.82) is 0 Å².